The van der Waals surface area contributed by atoms with E-state index in [0.29, 0.717) is 22.6 Å². The van der Waals surface area contributed by atoms with E-state index < -0.39 is 17.6 Å². The fourth-order valence-electron chi connectivity index (χ4n) is 4.47. The number of hydrogen-bond donors (Lipinski definition) is 1. The maximum absolute atomic E-state index is 15.3. The van der Waals surface area contributed by atoms with Gasteiger partial charge in [-0.1, -0.05) is 32.9 Å². The van der Waals surface area contributed by atoms with Gasteiger partial charge in [0.15, 0.2) is 5.82 Å². The average Bonchev–Trinajstić information content (AvgIpc) is 2.72. The minimum absolute atomic E-state index is 0.00696. The van der Waals surface area contributed by atoms with Crippen LogP contribution in [0, 0.1) is 23.0 Å². The summed E-state index contributed by atoms with van der Waals surface area (Å²) in [5.74, 6) is -1.08. The lowest BCUT2D eigenvalue weighted by Gasteiger charge is -2.37. The van der Waals surface area contributed by atoms with Crippen LogP contribution in [0.5, 0.6) is 5.75 Å². The number of carboxylic acids is 1. The quantitative estimate of drug-likeness (QED) is 0.527. The Morgan fingerprint density at radius 3 is 2.44 bits per heavy atom. The SMILES string of the molecule is CN(CCC(=O)O)c1c(F)ccc(-c2cccc(OC3CCC(C(C)(C)C)CC3)c2)c1F. The molecule has 3 rings (SSSR count). The molecule has 174 valence electrons. The number of benzene rings is 2. The van der Waals surface area contributed by atoms with Gasteiger partial charge in [-0.05, 0) is 66.8 Å². The second-order valence-corrected chi connectivity index (χ2v) is 9.81. The molecule has 2 aromatic carbocycles. The molecule has 0 spiro atoms. The highest BCUT2D eigenvalue weighted by atomic mass is 19.1. The van der Waals surface area contributed by atoms with E-state index in [0.717, 1.165) is 25.7 Å². The van der Waals surface area contributed by atoms with Crippen LogP contribution in [0.3, 0.4) is 0 Å². The van der Waals surface area contributed by atoms with E-state index >= 15 is 4.39 Å². The summed E-state index contributed by atoms with van der Waals surface area (Å²) < 4.78 is 35.9. The zero-order valence-corrected chi connectivity index (χ0v) is 19.3. The van der Waals surface area contributed by atoms with Crippen molar-refractivity contribution in [3.8, 4) is 16.9 Å². The first-order chi connectivity index (χ1) is 15.1. The molecule has 1 aliphatic carbocycles. The monoisotopic (exact) mass is 445 g/mol. The standard InChI is InChI=1S/C26H33F2NO3/c1-26(2,3)18-8-10-19(11-9-18)32-20-7-5-6-17(16-20)21-12-13-22(27)25(24(21)28)29(4)15-14-23(30)31/h5-7,12-13,16,18-19H,8-11,14-15H2,1-4H3,(H,30,31). The van der Waals surface area contributed by atoms with Crippen LogP contribution in [0.25, 0.3) is 11.1 Å². The molecule has 0 aliphatic heterocycles. The van der Waals surface area contributed by atoms with Crippen molar-refractivity contribution in [1.29, 1.82) is 0 Å². The smallest absolute Gasteiger partial charge is 0.305 e. The number of nitrogens with zero attached hydrogens (tertiary/aromatic N) is 1. The van der Waals surface area contributed by atoms with Gasteiger partial charge in [-0.3, -0.25) is 4.79 Å². The first-order valence-corrected chi connectivity index (χ1v) is 11.2. The van der Waals surface area contributed by atoms with Crippen LogP contribution in [0.15, 0.2) is 36.4 Å². The lowest BCUT2D eigenvalue weighted by Crippen LogP contribution is -2.30. The third-order valence-electron chi connectivity index (χ3n) is 6.46. The van der Waals surface area contributed by atoms with Gasteiger partial charge in [0, 0.05) is 19.2 Å². The van der Waals surface area contributed by atoms with Crippen LogP contribution >= 0.6 is 0 Å². The van der Waals surface area contributed by atoms with Gasteiger partial charge in [-0.25, -0.2) is 8.78 Å². The van der Waals surface area contributed by atoms with Gasteiger partial charge in [-0.2, -0.15) is 0 Å². The highest BCUT2D eigenvalue weighted by Gasteiger charge is 2.30. The molecule has 0 aromatic heterocycles. The second kappa shape index (κ2) is 9.88. The second-order valence-electron chi connectivity index (χ2n) is 9.81. The van der Waals surface area contributed by atoms with Gasteiger partial charge in [0.05, 0.1) is 12.5 Å². The van der Waals surface area contributed by atoms with Crippen LogP contribution in [0.4, 0.5) is 14.5 Å². The molecule has 1 saturated carbocycles. The molecule has 1 N–H and O–H groups in total. The number of anilines is 1. The molecule has 1 fully saturated rings. The Kier molecular flexibility index (Phi) is 7.42. The third kappa shape index (κ3) is 5.78. The van der Waals surface area contributed by atoms with Crippen molar-refractivity contribution in [1.82, 2.24) is 0 Å². The Balaban J connectivity index is 1.76. The lowest BCUT2D eigenvalue weighted by molar-refractivity contribution is -0.136. The van der Waals surface area contributed by atoms with E-state index in [4.69, 9.17) is 9.84 Å². The Labute approximate surface area is 189 Å². The van der Waals surface area contributed by atoms with E-state index in [-0.39, 0.29) is 30.3 Å². The maximum Gasteiger partial charge on any atom is 0.305 e. The molecule has 0 amide bonds. The third-order valence-corrected chi connectivity index (χ3v) is 6.46. The number of carboxylic acid groups (broad SMARTS) is 1. The van der Waals surface area contributed by atoms with Crippen LogP contribution in [-0.2, 0) is 4.79 Å². The summed E-state index contributed by atoms with van der Waals surface area (Å²) in [6.07, 6.45) is 4.18. The van der Waals surface area contributed by atoms with Crippen molar-refractivity contribution < 1.29 is 23.4 Å². The van der Waals surface area contributed by atoms with Crippen molar-refractivity contribution in [2.24, 2.45) is 11.3 Å². The van der Waals surface area contributed by atoms with E-state index in [1.54, 1.807) is 12.1 Å². The normalized spacial score (nSPS) is 18.9. The zero-order chi connectivity index (χ0) is 23.5. The highest BCUT2D eigenvalue weighted by Crippen LogP contribution is 2.39. The fraction of sp³-hybridized carbons (Fsp3) is 0.500. The van der Waals surface area contributed by atoms with Gasteiger partial charge in [-0.15, -0.1) is 0 Å². The first kappa shape index (κ1) is 24.0. The minimum atomic E-state index is -1.02. The summed E-state index contributed by atoms with van der Waals surface area (Å²) in [5.41, 5.74) is 0.928. The molecule has 0 atom stereocenters. The number of aliphatic carboxylic acids is 1. The van der Waals surface area contributed by atoms with E-state index in [2.05, 4.69) is 20.8 Å². The Bertz CT molecular complexity index is 947. The van der Waals surface area contributed by atoms with Crippen LogP contribution in [-0.4, -0.2) is 30.8 Å². The van der Waals surface area contributed by atoms with Crippen molar-refractivity contribution in [2.45, 2.75) is 59.0 Å². The maximum atomic E-state index is 15.3. The molecule has 0 heterocycles. The van der Waals surface area contributed by atoms with Crippen LogP contribution in [0.1, 0.15) is 52.9 Å². The number of carbonyl (C=O) groups is 1. The summed E-state index contributed by atoms with van der Waals surface area (Å²) in [7, 11) is 1.49. The highest BCUT2D eigenvalue weighted by molar-refractivity contribution is 5.72. The predicted octanol–water partition coefficient (Wildman–Crippen LogP) is 6.53. The van der Waals surface area contributed by atoms with Gasteiger partial charge < -0.3 is 14.7 Å². The summed E-state index contributed by atoms with van der Waals surface area (Å²) in [4.78, 5) is 12.1. The summed E-state index contributed by atoms with van der Waals surface area (Å²) in [6, 6.07) is 9.84. The van der Waals surface area contributed by atoms with Crippen molar-refractivity contribution in [3.63, 3.8) is 0 Å². The van der Waals surface area contributed by atoms with Crippen LogP contribution < -0.4 is 9.64 Å². The molecule has 0 saturated heterocycles. The molecule has 0 bridgehead atoms. The minimum Gasteiger partial charge on any atom is -0.490 e. The molecule has 0 unspecified atom stereocenters. The van der Waals surface area contributed by atoms with Gasteiger partial charge >= 0.3 is 5.97 Å². The molecule has 1 aliphatic rings. The van der Waals surface area contributed by atoms with Gasteiger partial charge in [0.1, 0.15) is 17.3 Å². The predicted molar refractivity (Wildman–Crippen MR) is 123 cm³/mol. The largest absolute Gasteiger partial charge is 0.490 e. The average molecular weight is 446 g/mol. The molecule has 0 radical (unpaired) electrons. The topological polar surface area (TPSA) is 49.8 Å². The summed E-state index contributed by atoms with van der Waals surface area (Å²) in [5, 5.41) is 8.87. The zero-order valence-electron chi connectivity index (χ0n) is 19.3. The number of halogens is 2. The van der Waals surface area contributed by atoms with E-state index in [1.807, 2.05) is 12.1 Å². The van der Waals surface area contributed by atoms with Crippen molar-refractivity contribution in [3.05, 3.63) is 48.0 Å². The lowest BCUT2D eigenvalue weighted by atomic mass is 9.72. The van der Waals surface area contributed by atoms with Crippen LogP contribution in [0.2, 0.25) is 0 Å². The first-order valence-electron chi connectivity index (χ1n) is 11.2. The van der Waals surface area contributed by atoms with E-state index in [1.165, 1.54) is 24.1 Å². The van der Waals surface area contributed by atoms with E-state index in [9.17, 15) is 9.18 Å². The molecular weight excluding hydrogens is 412 g/mol. The Morgan fingerprint density at radius 2 is 1.81 bits per heavy atom. The Morgan fingerprint density at radius 1 is 1.12 bits per heavy atom. The number of hydrogen-bond acceptors (Lipinski definition) is 3. The summed E-state index contributed by atoms with van der Waals surface area (Å²) in [6.45, 7) is 6.86. The van der Waals surface area contributed by atoms with Gasteiger partial charge in [0.25, 0.3) is 0 Å². The van der Waals surface area contributed by atoms with Crippen molar-refractivity contribution in [2.75, 3.05) is 18.5 Å². The molecule has 32 heavy (non-hydrogen) atoms. The van der Waals surface area contributed by atoms with Crippen molar-refractivity contribution >= 4 is 11.7 Å². The Hall–Kier alpha value is -2.63. The van der Waals surface area contributed by atoms with Gasteiger partial charge in [0.2, 0.25) is 0 Å². The summed E-state index contributed by atoms with van der Waals surface area (Å²) >= 11 is 0. The molecule has 4 nitrogen and oxygen atoms in total. The molecular formula is C26H33F2NO3. The molecule has 6 heteroatoms. The fourth-order valence-corrected chi connectivity index (χ4v) is 4.47. The number of rotatable bonds is 7. The number of ether oxygens (including phenoxy) is 1. The molecule has 2 aromatic rings.